The number of benzene rings is 1. The molecule has 4 aliphatic carbocycles. The van der Waals surface area contributed by atoms with E-state index < -0.39 is 0 Å². The maximum atomic E-state index is 13.0. The SMILES string of the molecule is COc1ccc(-c2ccc(C(=O)CC3C4CC5CC3CC(C(N)=O)(C5)C4)o2)cc1. The molecule has 4 fully saturated rings. The molecule has 1 amide bonds. The van der Waals surface area contributed by atoms with Gasteiger partial charge in [0, 0.05) is 17.4 Å². The van der Waals surface area contributed by atoms with E-state index in [0.29, 0.717) is 41.6 Å². The zero-order valence-corrected chi connectivity index (χ0v) is 16.7. The van der Waals surface area contributed by atoms with Crippen LogP contribution in [0.25, 0.3) is 11.3 Å². The third kappa shape index (κ3) is 3.07. The van der Waals surface area contributed by atoms with Gasteiger partial charge in [-0.15, -0.1) is 0 Å². The molecular formula is C24H27NO4. The lowest BCUT2D eigenvalue weighted by Gasteiger charge is -2.58. The van der Waals surface area contributed by atoms with Gasteiger partial charge in [0.15, 0.2) is 11.5 Å². The number of amides is 1. The van der Waals surface area contributed by atoms with Crippen LogP contribution in [0.1, 0.15) is 49.1 Å². The van der Waals surface area contributed by atoms with Crippen LogP contribution in [-0.2, 0) is 4.79 Å². The number of carbonyl (C=O) groups is 2. The molecule has 2 N–H and O–H groups in total. The van der Waals surface area contributed by atoms with Gasteiger partial charge in [-0.3, -0.25) is 9.59 Å². The van der Waals surface area contributed by atoms with Crippen LogP contribution in [-0.4, -0.2) is 18.8 Å². The number of carbonyl (C=O) groups excluding carboxylic acids is 2. The average molecular weight is 393 g/mol. The van der Waals surface area contributed by atoms with E-state index in [2.05, 4.69) is 0 Å². The van der Waals surface area contributed by atoms with Crippen molar-refractivity contribution in [2.75, 3.05) is 7.11 Å². The van der Waals surface area contributed by atoms with Crippen molar-refractivity contribution in [3.8, 4) is 17.1 Å². The number of furan rings is 1. The Balaban J connectivity index is 1.30. The average Bonchev–Trinajstić information content (AvgIpc) is 3.20. The summed E-state index contributed by atoms with van der Waals surface area (Å²) in [5.41, 5.74) is 6.39. The molecule has 4 aliphatic rings. The van der Waals surface area contributed by atoms with Gasteiger partial charge in [0.05, 0.1) is 7.11 Å². The monoisotopic (exact) mass is 393 g/mol. The van der Waals surface area contributed by atoms with Gasteiger partial charge in [0.2, 0.25) is 5.91 Å². The lowest BCUT2D eigenvalue weighted by atomic mass is 9.45. The van der Waals surface area contributed by atoms with Gasteiger partial charge in [-0.1, -0.05) is 0 Å². The number of rotatable bonds is 6. The molecular weight excluding hydrogens is 366 g/mol. The first-order chi connectivity index (χ1) is 14.0. The van der Waals surface area contributed by atoms with E-state index in [4.69, 9.17) is 14.9 Å². The van der Waals surface area contributed by atoms with Gasteiger partial charge in [-0.2, -0.15) is 0 Å². The molecule has 152 valence electrons. The number of ketones is 1. The highest BCUT2D eigenvalue weighted by Crippen LogP contribution is 2.62. The molecule has 0 saturated heterocycles. The minimum absolute atomic E-state index is 0.0651. The van der Waals surface area contributed by atoms with E-state index in [9.17, 15) is 9.59 Å². The smallest absolute Gasteiger partial charge is 0.223 e. The molecule has 5 heteroatoms. The molecule has 0 spiro atoms. The molecule has 5 nitrogen and oxygen atoms in total. The molecule has 4 saturated carbocycles. The summed E-state index contributed by atoms with van der Waals surface area (Å²) in [6, 6.07) is 11.2. The minimum Gasteiger partial charge on any atom is -0.497 e. The van der Waals surface area contributed by atoms with Gasteiger partial charge < -0.3 is 14.9 Å². The number of primary amides is 1. The Kier molecular flexibility index (Phi) is 4.30. The number of nitrogens with two attached hydrogens (primary N) is 1. The summed E-state index contributed by atoms with van der Waals surface area (Å²) in [6.07, 6.45) is 5.47. The fourth-order valence-corrected chi connectivity index (χ4v) is 6.48. The van der Waals surface area contributed by atoms with E-state index in [1.165, 1.54) is 0 Å². The van der Waals surface area contributed by atoms with Crippen LogP contribution in [0.2, 0.25) is 0 Å². The third-order valence-corrected chi connectivity index (χ3v) is 7.67. The highest BCUT2D eigenvalue weighted by molar-refractivity contribution is 5.94. The molecule has 1 aromatic heterocycles. The fraction of sp³-hybridized carbons (Fsp3) is 0.500. The first kappa shape index (κ1) is 18.5. The zero-order chi connectivity index (χ0) is 20.2. The van der Waals surface area contributed by atoms with Crippen molar-refractivity contribution in [3.63, 3.8) is 0 Å². The van der Waals surface area contributed by atoms with Crippen molar-refractivity contribution in [3.05, 3.63) is 42.2 Å². The Morgan fingerprint density at radius 2 is 1.76 bits per heavy atom. The molecule has 29 heavy (non-hydrogen) atoms. The topological polar surface area (TPSA) is 82.5 Å². The summed E-state index contributed by atoms with van der Waals surface area (Å²) in [5, 5.41) is 0. The van der Waals surface area contributed by atoms with E-state index >= 15 is 0 Å². The maximum absolute atomic E-state index is 13.0. The summed E-state index contributed by atoms with van der Waals surface area (Å²) in [7, 11) is 1.63. The summed E-state index contributed by atoms with van der Waals surface area (Å²) in [6.45, 7) is 0. The number of hydrogen-bond acceptors (Lipinski definition) is 4. The Bertz CT molecular complexity index is 928. The van der Waals surface area contributed by atoms with Crippen LogP contribution >= 0.6 is 0 Å². The van der Waals surface area contributed by atoms with E-state index in [1.54, 1.807) is 13.2 Å². The summed E-state index contributed by atoms with van der Waals surface area (Å²) in [4.78, 5) is 25.1. The van der Waals surface area contributed by atoms with E-state index in [0.717, 1.165) is 43.4 Å². The maximum Gasteiger partial charge on any atom is 0.223 e. The van der Waals surface area contributed by atoms with Crippen LogP contribution in [0.4, 0.5) is 0 Å². The second-order valence-electron chi connectivity index (χ2n) is 9.30. The molecule has 2 aromatic rings. The number of hydrogen-bond donors (Lipinski definition) is 1. The predicted octanol–water partition coefficient (Wildman–Crippen LogP) is 4.46. The normalized spacial score (nSPS) is 32.3. The molecule has 0 aliphatic heterocycles. The lowest BCUT2D eigenvalue weighted by molar-refractivity contribution is -0.149. The van der Waals surface area contributed by atoms with Crippen molar-refractivity contribution < 1.29 is 18.7 Å². The Labute approximate surface area is 170 Å². The second-order valence-corrected chi connectivity index (χ2v) is 9.30. The molecule has 6 rings (SSSR count). The van der Waals surface area contributed by atoms with Gasteiger partial charge in [0.25, 0.3) is 0 Å². The van der Waals surface area contributed by atoms with Crippen LogP contribution in [0.3, 0.4) is 0 Å². The molecule has 0 radical (unpaired) electrons. The quantitative estimate of drug-likeness (QED) is 0.735. The Morgan fingerprint density at radius 1 is 1.07 bits per heavy atom. The minimum atomic E-state index is -0.303. The van der Waals surface area contributed by atoms with Crippen molar-refractivity contribution in [2.24, 2.45) is 34.8 Å². The van der Waals surface area contributed by atoms with Crippen molar-refractivity contribution in [1.82, 2.24) is 0 Å². The van der Waals surface area contributed by atoms with Crippen molar-refractivity contribution in [2.45, 2.75) is 38.5 Å². The van der Waals surface area contributed by atoms with E-state index in [1.807, 2.05) is 30.3 Å². The predicted molar refractivity (Wildman–Crippen MR) is 108 cm³/mol. The Hall–Kier alpha value is -2.56. The zero-order valence-electron chi connectivity index (χ0n) is 16.7. The number of methoxy groups -OCH3 is 1. The van der Waals surface area contributed by atoms with Crippen molar-refractivity contribution in [1.29, 1.82) is 0 Å². The summed E-state index contributed by atoms with van der Waals surface area (Å²) in [5.74, 6) is 3.67. The number of Topliss-reactive ketones (excluding diaryl/α,β-unsaturated/α-hetero) is 1. The highest BCUT2D eigenvalue weighted by Gasteiger charge is 2.57. The molecule has 2 unspecified atom stereocenters. The van der Waals surface area contributed by atoms with Crippen LogP contribution < -0.4 is 10.5 Å². The fourth-order valence-electron chi connectivity index (χ4n) is 6.48. The molecule has 1 aromatic carbocycles. The second kappa shape index (κ2) is 6.75. The highest BCUT2D eigenvalue weighted by atomic mass is 16.5. The number of ether oxygens (including phenoxy) is 1. The standard InChI is InChI=1S/C24H27NO4/c1-28-18-4-2-15(3-5-18)21-6-7-22(29-21)20(26)10-19-16-8-14-9-17(19)13-24(11-14,12-16)23(25)27/h2-7,14,16-17,19H,8-13H2,1H3,(H2,25,27). The van der Waals surface area contributed by atoms with Gasteiger partial charge in [-0.05, 0) is 92.2 Å². The van der Waals surface area contributed by atoms with Crippen LogP contribution in [0, 0.1) is 29.1 Å². The lowest BCUT2D eigenvalue weighted by Crippen LogP contribution is -2.56. The first-order valence-corrected chi connectivity index (χ1v) is 10.5. The van der Waals surface area contributed by atoms with Gasteiger partial charge in [-0.25, -0.2) is 0 Å². The first-order valence-electron chi connectivity index (χ1n) is 10.5. The third-order valence-electron chi connectivity index (χ3n) is 7.67. The van der Waals surface area contributed by atoms with Gasteiger partial charge in [0.1, 0.15) is 11.5 Å². The Morgan fingerprint density at radius 3 is 2.38 bits per heavy atom. The largest absolute Gasteiger partial charge is 0.497 e. The van der Waals surface area contributed by atoms with Gasteiger partial charge >= 0.3 is 0 Å². The molecule has 2 atom stereocenters. The summed E-state index contributed by atoms with van der Waals surface area (Å²) >= 11 is 0. The molecule has 1 heterocycles. The van der Waals surface area contributed by atoms with Crippen LogP contribution in [0.5, 0.6) is 5.75 Å². The van der Waals surface area contributed by atoms with Crippen molar-refractivity contribution >= 4 is 11.7 Å². The van der Waals surface area contributed by atoms with E-state index in [-0.39, 0.29) is 17.1 Å². The molecule has 4 bridgehead atoms. The van der Waals surface area contributed by atoms with Crippen LogP contribution in [0.15, 0.2) is 40.8 Å². The summed E-state index contributed by atoms with van der Waals surface area (Å²) < 4.78 is 11.1.